The van der Waals surface area contributed by atoms with Crippen molar-refractivity contribution in [2.24, 2.45) is 7.05 Å². The van der Waals surface area contributed by atoms with Gasteiger partial charge in [0, 0.05) is 37.2 Å². The van der Waals surface area contributed by atoms with Gasteiger partial charge in [-0.05, 0) is 32.8 Å². The van der Waals surface area contributed by atoms with E-state index in [1.54, 1.807) is 29.2 Å². The summed E-state index contributed by atoms with van der Waals surface area (Å²) >= 11 is 0. The molecule has 0 bridgehead atoms. The van der Waals surface area contributed by atoms with E-state index >= 15 is 0 Å². The predicted molar refractivity (Wildman–Crippen MR) is 88.7 cm³/mol. The summed E-state index contributed by atoms with van der Waals surface area (Å²) in [5.41, 5.74) is 4.45. The number of fused-ring (bicyclic) bond motifs is 1. The number of carbonyl (C=O) groups excluding carboxylic acids is 1. The highest BCUT2D eigenvalue weighted by Gasteiger charge is 2.35. The number of hydrogen-bond donors (Lipinski definition) is 0. The van der Waals surface area contributed by atoms with Gasteiger partial charge < -0.3 is 4.90 Å². The third-order valence-electron chi connectivity index (χ3n) is 4.92. The van der Waals surface area contributed by atoms with Crippen LogP contribution in [-0.2, 0) is 7.05 Å². The molecule has 0 aromatic carbocycles. The van der Waals surface area contributed by atoms with Gasteiger partial charge in [-0.1, -0.05) is 0 Å². The van der Waals surface area contributed by atoms with E-state index in [0.717, 1.165) is 30.8 Å². The number of likely N-dealkylation sites (tertiary alicyclic amines) is 1. The minimum absolute atomic E-state index is 0.00569. The molecule has 7 nitrogen and oxygen atoms in total. The molecule has 4 rings (SSSR count). The van der Waals surface area contributed by atoms with Gasteiger partial charge in [0.2, 0.25) is 0 Å². The van der Waals surface area contributed by atoms with Crippen LogP contribution in [0.25, 0.3) is 5.65 Å². The van der Waals surface area contributed by atoms with Crippen molar-refractivity contribution in [2.45, 2.75) is 32.7 Å². The zero-order valence-electron chi connectivity index (χ0n) is 14.1. The van der Waals surface area contributed by atoms with Gasteiger partial charge in [0.1, 0.15) is 5.56 Å². The first-order chi connectivity index (χ1) is 11.6. The van der Waals surface area contributed by atoms with E-state index in [1.807, 2.05) is 23.6 Å². The number of amides is 1. The van der Waals surface area contributed by atoms with Crippen molar-refractivity contribution in [3.8, 4) is 0 Å². The molecule has 7 heteroatoms. The Morgan fingerprint density at radius 3 is 2.92 bits per heavy atom. The maximum atomic E-state index is 13.1. The number of nitrogens with zero attached hydrogens (tertiary/aromatic N) is 6. The standard InChI is InChI=1S/C17H20N6O/c1-11-15(12(2)21(3)20-11)14-6-4-8-22(14)17(24)13-10-19-23-9-5-7-18-16(13)23/h5,7,9-10,14H,4,6,8H2,1-3H3. The van der Waals surface area contributed by atoms with Crippen LogP contribution in [0, 0.1) is 13.8 Å². The Morgan fingerprint density at radius 1 is 1.33 bits per heavy atom. The molecule has 1 fully saturated rings. The molecule has 0 radical (unpaired) electrons. The predicted octanol–water partition coefficient (Wildman–Crippen LogP) is 2.06. The lowest BCUT2D eigenvalue weighted by Gasteiger charge is -2.25. The molecular weight excluding hydrogens is 304 g/mol. The van der Waals surface area contributed by atoms with Gasteiger partial charge >= 0.3 is 0 Å². The highest BCUT2D eigenvalue weighted by molar-refractivity contribution is 6.00. The van der Waals surface area contributed by atoms with Crippen molar-refractivity contribution < 1.29 is 4.79 Å². The van der Waals surface area contributed by atoms with Crippen LogP contribution in [-0.4, -0.2) is 41.7 Å². The summed E-state index contributed by atoms with van der Waals surface area (Å²) < 4.78 is 3.53. The molecule has 1 saturated heterocycles. The summed E-state index contributed by atoms with van der Waals surface area (Å²) in [6.45, 7) is 4.83. The normalized spacial score (nSPS) is 17.8. The van der Waals surface area contributed by atoms with Crippen LogP contribution in [0.4, 0.5) is 0 Å². The lowest BCUT2D eigenvalue weighted by Crippen LogP contribution is -2.31. The van der Waals surface area contributed by atoms with E-state index in [1.165, 1.54) is 5.56 Å². The molecule has 1 aliphatic rings. The van der Waals surface area contributed by atoms with Crippen LogP contribution in [0.1, 0.15) is 46.2 Å². The molecule has 3 aromatic heterocycles. The summed E-state index contributed by atoms with van der Waals surface area (Å²) in [4.78, 5) is 19.4. The zero-order chi connectivity index (χ0) is 16.8. The molecule has 3 aromatic rings. The summed E-state index contributed by atoms with van der Waals surface area (Å²) in [6, 6.07) is 1.87. The zero-order valence-corrected chi connectivity index (χ0v) is 14.1. The minimum Gasteiger partial charge on any atom is -0.331 e. The van der Waals surface area contributed by atoms with E-state index in [-0.39, 0.29) is 11.9 Å². The van der Waals surface area contributed by atoms with Crippen molar-refractivity contribution in [1.29, 1.82) is 0 Å². The number of aromatic nitrogens is 5. The fourth-order valence-electron chi connectivity index (χ4n) is 3.71. The average Bonchev–Trinajstić information content (AvgIpc) is 3.26. The van der Waals surface area contributed by atoms with Crippen molar-refractivity contribution in [3.05, 3.63) is 47.2 Å². The fourth-order valence-corrected chi connectivity index (χ4v) is 3.71. The molecule has 1 amide bonds. The Balaban J connectivity index is 1.74. The van der Waals surface area contributed by atoms with E-state index in [9.17, 15) is 4.79 Å². The second-order valence-electron chi connectivity index (χ2n) is 6.31. The Bertz CT molecular complexity index is 924. The van der Waals surface area contributed by atoms with Crippen LogP contribution in [0.15, 0.2) is 24.7 Å². The van der Waals surface area contributed by atoms with Gasteiger partial charge in [-0.3, -0.25) is 9.48 Å². The maximum Gasteiger partial charge on any atom is 0.259 e. The van der Waals surface area contributed by atoms with Crippen molar-refractivity contribution in [3.63, 3.8) is 0 Å². The molecule has 24 heavy (non-hydrogen) atoms. The number of aryl methyl sites for hydroxylation is 2. The molecular formula is C17H20N6O. The van der Waals surface area contributed by atoms with Gasteiger partial charge in [0.05, 0.1) is 17.9 Å². The molecule has 1 aliphatic heterocycles. The van der Waals surface area contributed by atoms with Gasteiger partial charge in [-0.15, -0.1) is 0 Å². The largest absolute Gasteiger partial charge is 0.331 e. The lowest BCUT2D eigenvalue weighted by molar-refractivity contribution is 0.0736. The van der Waals surface area contributed by atoms with Crippen LogP contribution in [0.5, 0.6) is 0 Å². The molecule has 0 aliphatic carbocycles. The Morgan fingerprint density at radius 2 is 2.17 bits per heavy atom. The summed E-state index contributed by atoms with van der Waals surface area (Å²) in [7, 11) is 1.95. The average molecular weight is 324 g/mol. The monoisotopic (exact) mass is 324 g/mol. The smallest absolute Gasteiger partial charge is 0.259 e. The van der Waals surface area contributed by atoms with Crippen LogP contribution < -0.4 is 0 Å². The molecule has 0 N–H and O–H groups in total. The Hall–Kier alpha value is -2.70. The third-order valence-corrected chi connectivity index (χ3v) is 4.92. The van der Waals surface area contributed by atoms with Crippen molar-refractivity contribution >= 4 is 11.6 Å². The Labute approximate surface area is 139 Å². The molecule has 1 unspecified atom stereocenters. The van der Waals surface area contributed by atoms with Gasteiger partial charge in [0.25, 0.3) is 5.91 Å². The highest BCUT2D eigenvalue weighted by Crippen LogP contribution is 2.36. The van der Waals surface area contributed by atoms with Crippen LogP contribution in [0.2, 0.25) is 0 Å². The lowest BCUT2D eigenvalue weighted by atomic mass is 10.0. The van der Waals surface area contributed by atoms with Gasteiger partial charge in [-0.25, -0.2) is 9.50 Å². The molecule has 124 valence electrons. The summed E-state index contributed by atoms with van der Waals surface area (Å²) in [6.07, 6.45) is 7.06. The SMILES string of the molecule is Cc1nn(C)c(C)c1C1CCCN1C(=O)c1cnn2cccnc12. The molecule has 4 heterocycles. The molecule has 1 atom stereocenters. The second-order valence-corrected chi connectivity index (χ2v) is 6.31. The van der Waals surface area contributed by atoms with Crippen LogP contribution in [0.3, 0.4) is 0 Å². The summed E-state index contributed by atoms with van der Waals surface area (Å²) in [5, 5.41) is 8.75. The fraction of sp³-hybridized carbons (Fsp3) is 0.412. The van der Waals surface area contributed by atoms with Crippen molar-refractivity contribution in [1.82, 2.24) is 29.3 Å². The van der Waals surface area contributed by atoms with E-state index in [4.69, 9.17) is 0 Å². The van der Waals surface area contributed by atoms with Gasteiger partial charge in [0.15, 0.2) is 5.65 Å². The first-order valence-electron chi connectivity index (χ1n) is 8.17. The second kappa shape index (κ2) is 5.43. The van der Waals surface area contributed by atoms with E-state index in [2.05, 4.69) is 22.1 Å². The maximum absolute atomic E-state index is 13.1. The number of hydrogen-bond acceptors (Lipinski definition) is 4. The number of rotatable bonds is 2. The van der Waals surface area contributed by atoms with E-state index < -0.39 is 0 Å². The van der Waals surface area contributed by atoms with E-state index in [0.29, 0.717) is 11.2 Å². The Kier molecular flexibility index (Phi) is 3.37. The quantitative estimate of drug-likeness (QED) is 0.723. The molecule has 0 saturated carbocycles. The molecule has 0 spiro atoms. The topological polar surface area (TPSA) is 68.3 Å². The van der Waals surface area contributed by atoms with Gasteiger partial charge in [-0.2, -0.15) is 10.2 Å². The van der Waals surface area contributed by atoms with Crippen molar-refractivity contribution in [2.75, 3.05) is 6.54 Å². The first-order valence-corrected chi connectivity index (χ1v) is 8.17. The first kappa shape index (κ1) is 14.9. The minimum atomic E-state index is -0.00569. The van der Waals surface area contributed by atoms with Crippen LogP contribution >= 0.6 is 0 Å². The summed E-state index contributed by atoms with van der Waals surface area (Å²) in [5.74, 6) is -0.00569. The number of carbonyl (C=O) groups is 1. The highest BCUT2D eigenvalue weighted by atomic mass is 16.2. The third kappa shape index (κ3) is 2.11.